The molecule has 10 heteroatoms. The van der Waals surface area contributed by atoms with Crippen LogP contribution in [0.3, 0.4) is 0 Å². The van der Waals surface area contributed by atoms with Crippen molar-refractivity contribution in [1.29, 1.82) is 0 Å². The summed E-state index contributed by atoms with van der Waals surface area (Å²) >= 11 is 1.75. The Labute approximate surface area is 224 Å². The molecule has 1 amide bonds. The number of anilines is 1. The van der Waals surface area contributed by atoms with Crippen LogP contribution in [0.15, 0.2) is 64.4 Å². The van der Waals surface area contributed by atoms with Crippen molar-refractivity contribution in [2.45, 2.75) is 36.5 Å². The van der Waals surface area contributed by atoms with E-state index in [1.54, 1.807) is 22.6 Å². The zero-order valence-corrected chi connectivity index (χ0v) is 22.0. The van der Waals surface area contributed by atoms with E-state index in [-0.39, 0.29) is 24.2 Å². The number of esters is 1. The zero-order valence-electron chi connectivity index (χ0n) is 21.2. The van der Waals surface area contributed by atoms with Gasteiger partial charge in [0, 0.05) is 55.5 Å². The topological polar surface area (TPSA) is 101 Å². The molecule has 0 spiro atoms. The van der Waals surface area contributed by atoms with Gasteiger partial charge >= 0.3 is 5.97 Å². The molecule has 38 heavy (non-hydrogen) atoms. The number of aromatic nitrogens is 1. The van der Waals surface area contributed by atoms with Gasteiger partial charge in [-0.25, -0.2) is 0 Å². The van der Waals surface area contributed by atoms with Gasteiger partial charge in [0.2, 0.25) is 11.2 Å². The molecule has 0 bridgehead atoms. The maximum atomic E-state index is 13.0. The molecule has 2 aromatic carbocycles. The van der Waals surface area contributed by atoms with E-state index < -0.39 is 17.3 Å². The van der Waals surface area contributed by atoms with E-state index in [1.165, 1.54) is 13.0 Å². The lowest BCUT2D eigenvalue weighted by molar-refractivity contribution is -0.132. The Morgan fingerprint density at radius 1 is 1.16 bits per heavy atom. The lowest BCUT2D eigenvalue weighted by atomic mass is 9.93. The van der Waals surface area contributed by atoms with Crippen LogP contribution < -0.4 is 25.4 Å². The fourth-order valence-electron chi connectivity index (χ4n) is 5.07. The minimum Gasteiger partial charge on any atom is -0.420 e. The molecule has 2 aliphatic heterocycles. The van der Waals surface area contributed by atoms with Crippen molar-refractivity contribution < 1.29 is 19.1 Å². The summed E-state index contributed by atoms with van der Waals surface area (Å²) in [5.74, 6) is -0.713. The molecule has 0 fully saturated rings. The molecule has 1 atom stereocenters. The summed E-state index contributed by atoms with van der Waals surface area (Å²) in [6, 6.07) is 15.4. The number of nitrogens with zero attached hydrogens (tertiary/aromatic N) is 3. The Kier molecular flexibility index (Phi) is 7.24. The number of pyridine rings is 1. The highest BCUT2D eigenvalue weighted by Gasteiger charge is 2.36. The highest BCUT2D eigenvalue weighted by Crippen LogP contribution is 2.45. The molecule has 3 heterocycles. The van der Waals surface area contributed by atoms with E-state index in [4.69, 9.17) is 4.74 Å². The van der Waals surface area contributed by atoms with Gasteiger partial charge in [-0.15, -0.1) is 11.8 Å². The minimum atomic E-state index is -0.676. The van der Waals surface area contributed by atoms with Crippen molar-refractivity contribution in [3.05, 3.63) is 87.3 Å². The molecule has 0 saturated heterocycles. The molecule has 9 nitrogen and oxygen atoms in total. The predicted octanol–water partition coefficient (Wildman–Crippen LogP) is 3.22. The third-order valence-corrected chi connectivity index (χ3v) is 7.88. The van der Waals surface area contributed by atoms with Crippen molar-refractivity contribution in [3.8, 4) is 5.75 Å². The molecule has 1 N–H and O–H groups in total. The number of thioether (sulfide) groups is 1. The summed E-state index contributed by atoms with van der Waals surface area (Å²) in [5.41, 5.74) is 3.81. The first kappa shape index (κ1) is 25.6. The number of rotatable bonds is 7. The van der Waals surface area contributed by atoms with Crippen molar-refractivity contribution >= 4 is 35.6 Å². The summed E-state index contributed by atoms with van der Waals surface area (Å²) in [6.07, 6.45) is 3.77. The number of unbranched alkanes of at least 4 members (excludes halogenated alkanes) is 1. The van der Waals surface area contributed by atoms with Crippen LogP contribution >= 0.6 is 11.8 Å². The third kappa shape index (κ3) is 4.67. The van der Waals surface area contributed by atoms with Gasteiger partial charge < -0.3 is 19.7 Å². The van der Waals surface area contributed by atoms with Crippen molar-refractivity contribution in [2.24, 2.45) is 0 Å². The Balaban J connectivity index is 1.69. The minimum absolute atomic E-state index is 0.0167. The van der Waals surface area contributed by atoms with Gasteiger partial charge in [-0.1, -0.05) is 30.3 Å². The largest absolute Gasteiger partial charge is 0.420 e. The van der Waals surface area contributed by atoms with Gasteiger partial charge in [-0.2, -0.15) is 0 Å². The van der Waals surface area contributed by atoms with E-state index >= 15 is 0 Å². The van der Waals surface area contributed by atoms with Crippen LogP contribution in [0.25, 0.3) is 0 Å². The molecule has 3 aromatic rings. The van der Waals surface area contributed by atoms with E-state index in [1.807, 2.05) is 30.3 Å². The number of ether oxygens (including phenoxy) is 1. The van der Waals surface area contributed by atoms with Crippen LogP contribution in [0, 0.1) is 0 Å². The fourth-order valence-corrected chi connectivity index (χ4v) is 6.21. The molecule has 0 aliphatic carbocycles. The van der Waals surface area contributed by atoms with Crippen LogP contribution in [0.5, 0.6) is 5.75 Å². The average Bonchev–Trinajstić information content (AvgIpc) is 3.07. The Hall–Kier alpha value is -4.05. The number of carbonyl (C=O) groups excluding carboxylic acids is 3. The fraction of sp³-hybridized carbons (Fsp3) is 0.286. The number of nitrogens with one attached hydrogen (secondary N) is 1. The van der Waals surface area contributed by atoms with Crippen molar-refractivity contribution in [2.75, 3.05) is 30.2 Å². The highest BCUT2D eigenvalue weighted by molar-refractivity contribution is 7.98. The second-order valence-corrected chi connectivity index (χ2v) is 10.2. The maximum absolute atomic E-state index is 13.0. The van der Waals surface area contributed by atoms with Crippen LogP contribution in [0.2, 0.25) is 0 Å². The summed E-state index contributed by atoms with van der Waals surface area (Å²) in [7, 11) is 2.03. The van der Waals surface area contributed by atoms with Crippen LogP contribution in [-0.4, -0.2) is 43.1 Å². The number of hydrogen-bond donors (Lipinski definition) is 1. The molecule has 0 radical (unpaired) electrons. The van der Waals surface area contributed by atoms with Crippen LogP contribution in [-0.2, 0) is 15.3 Å². The molecule has 196 valence electrons. The van der Waals surface area contributed by atoms with E-state index in [9.17, 15) is 19.2 Å². The number of carbonyl (C=O) groups is 3. The predicted molar refractivity (Wildman–Crippen MR) is 145 cm³/mol. The number of fused-ring (bicyclic) bond motifs is 3. The molecule has 5 rings (SSSR count). The standard InChI is InChI=1S/C28H28N4O5S/c1-18(34)37-27-23(35)12-14-31-26(27)28(36)29-17-32(31)25-19-9-7-10-22(30(2)13-5-6-15-33)21(19)16-38-24-11-4-3-8-20(24)25/h3-4,7-12,14-15,25H,5-6,13,16-17H2,1-2H3,(H,29,36). The van der Waals surface area contributed by atoms with Crippen LogP contribution in [0.4, 0.5) is 5.69 Å². The third-order valence-electron chi connectivity index (χ3n) is 6.77. The van der Waals surface area contributed by atoms with Gasteiger partial charge in [0.05, 0.1) is 6.04 Å². The Bertz CT molecular complexity index is 1470. The number of amides is 1. The normalized spacial score (nSPS) is 15.9. The second-order valence-electron chi connectivity index (χ2n) is 9.20. The average molecular weight is 533 g/mol. The lowest BCUT2D eigenvalue weighted by Gasteiger charge is -2.40. The number of aldehydes is 1. The molecular formula is C28H28N4O5S. The smallest absolute Gasteiger partial charge is 0.308 e. The first-order valence-electron chi connectivity index (χ1n) is 12.4. The van der Waals surface area contributed by atoms with E-state index in [0.717, 1.165) is 52.3 Å². The molecule has 2 aliphatic rings. The summed E-state index contributed by atoms with van der Waals surface area (Å²) in [5, 5.41) is 4.84. The van der Waals surface area contributed by atoms with Gasteiger partial charge in [-0.3, -0.25) is 24.1 Å². The van der Waals surface area contributed by atoms with Gasteiger partial charge in [0.15, 0.2) is 5.69 Å². The lowest BCUT2D eigenvalue weighted by Crippen LogP contribution is -2.54. The summed E-state index contributed by atoms with van der Waals surface area (Å²) in [6.45, 7) is 2.12. The first-order valence-corrected chi connectivity index (χ1v) is 13.4. The molecular weight excluding hydrogens is 504 g/mol. The van der Waals surface area contributed by atoms with E-state index in [2.05, 4.69) is 34.5 Å². The first-order chi connectivity index (χ1) is 18.4. The zero-order chi connectivity index (χ0) is 26.8. The summed E-state index contributed by atoms with van der Waals surface area (Å²) in [4.78, 5) is 51.5. The van der Waals surface area contributed by atoms with Gasteiger partial charge in [-0.05, 0) is 35.2 Å². The summed E-state index contributed by atoms with van der Waals surface area (Å²) < 4.78 is 6.84. The Morgan fingerprint density at radius 3 is 2.74 bits per heavy atom. The quantitative estimate of drug-likeness (QED) is 0.281. The SMILES string of the molecule is CC(=O)Oc1c2n(ccc1=O)N(C1c3ccccc3SCc3c1cccc3N(C)CCCC=O)CNC2=O. The monoisotopic (exact) mass is 532 g/mol. The molecule has 0 saturated carbocycles. The highest BCUT2D eigenvalue weighted by atomic mass is 32.2. The van der Waals surface area contributed by atoms with Gasteiger partial charge in [0.25, 0.3) is 5.91 Å². The number of benzene rings is 2. The second kappa shape index (κ2) is 10.7. The van der Waals surface area contributed by atoms with Crippen LogP contribution in [0.1, 0.15) is 53.0 Å². The Morgan fingerprint density at radius 2 is 1.95 bits per heavy atom. The molecule has 1 aromatic heterocycles. The number of hydrogen-bond acceptors (Lipinski definition) is 8. The maximum Gasteiger partial charge on any atom is 0.308 e. The molecule has 1 unspecified atom stereocenters. The van der Waals surface area contributed by atoms with Crippen molar-refractivity contribution in [3.63, 3.8) is 0 Å². The van der Waals surface area contributed by atoms with E-state index in [0.29, 0.717) is 6.42 Å². The van der Waals surface area contributed by atoms with Crippen molar-refractivity contribution in [1.82, 2.24) is 9.99 Å². The van der Waals surface area contributed by atoms with Gasteiger partial charge in [0.1, 0.15) is 13.0 Å².